The van der Waals surface area contributed by atoms with Crippen LogP contribution in [0.5, 0.6) is 5.88 Å². The second kappa shape index (κ2) is 46.7. The molecule has 0 spiro atoms. The highest BCUT2D eigenvalue weighted by Gasteiger charge is 2.24. The van der Waals surface area contributed by atoms with Gasteiger partial charge >= 0.3 is 28.0 Å². The Morgan fingerprint density at radius 3 is 1.30 bits per heavy atom. The summed E-state index contributed by atoms with van der Waals surface area (Å²) < 4.78 is 131. The first-order valence-corrected chi connectivity index (χ1v) is 40.2. The average molecular weight is 1780 g/mol. The number of H-pyrrole nitrogens is 1. The quantitative estimate of drug-likeness (QED) is 0.0176. The van der Waals surface area contributed by atoms with Crippen molar-refractivity contribution in [1.29, 1.82) is 0 Å². The van der Waals surface area contributed by atoms with Gasteiger partial charge in [-0.2, -0.15) is 13.5 Å². The van der Waals surface area contributed by atoms with Crippen LogP contribution in [-0.4, -0.2) is 181 Å². The van der Waals surface area contributed by atoms with E-state index in [-0.39, 0.29) is 100 Å². The molecule has 0 amide bonds. The number of rotatable bonds is 25. The van der Waals surface area contributed by atoms with Crippen LogP contribution in [0.1, 0.15) is 147 Å². The number of aliphatic hydroxyl groups excluding tert-OH is 1. The summed E-state index contributed by atoms with van der Waals surface area (Å²) in [6.45, 7) is 9.18. The smallest absolute Gasteiger partial charge is 0.360 e. The van der Waals surface area contributed by atoms with Crippen LogP contribution in [0.25, 0.3) is 11.3 Å². The lowest BCUT2D eigenvalue weighted by atomic mass is 10.1. The van der Waals surface area contributed by atoms with E-state index < -0.39 is 62.9 Å². The maximum Gasteiger partial charge on any atom is 0.360 e. The van der Waals surface area contributed by atoms with Crippen LogP contribution in [0.3, 0.4) is 0 Å². The van der Waals surface area contributed by atoms with Crippen molar-refractivity contribution in [1.82, 2.24) is 105 Å². The lowest BCUT2D eigenvalue weighted by molar-refractivity contribution is 0.0584. The predicted octanol–water partition coefficient (Wildman–Crippen LogP) is 10.7. The lowest BCUT2D eigenvalue weighted by Gasteiger charge is -2.07. The Balaban J connectivity index is 0.000000169. The van der Waals surface area contributed by atoms with E-state index in [0.717, 1.165) is 86.9 Å². The Morgan fingerprint density at radius 2 is 0.844 bits per heavy atom. The molecule has 7 aromatic heterocycles. The first-order valence-electron chi connectivity index (χ1n) is 38.3. The summed E-state index contributed by atoms with van der Waals surface area (Å²) in [5.41, 5.74) is 7.52. The number of methoxy groups -OCH3 is 3. The highest BCUT2D eigenvalue weighted by molar-refractivity contribution is 7.86. The number of aromatic amines is 1. The number of hydrogen-bond donors (Lipinski definition) is 2. The van der Waals surface area contributed by atoms with Gasteiger partial charge in [0.05, 0.1) is 109 Å². The van der Waals surface area contributed by atoms with Crippen LogP contribution in [0, 0.1) is 41.8 Å². The molecule has 0 aliphatic carbocycles. The summed E-state index contributed by atoms with van der Waals surface area (Å²) in [4.78, 5) is 79.4. The fourth-order valence-electron chi connectivity index (χ4n) is 11.6. The first kappa shape index (κ1) is 96.1. The molecule has 0 saturated heterocycles. The van der Waals surface area contributed by atoms with Gasteiger partial charge in [-0.05, 0) is 78.1 Å². The van der Waals surface area contributed by atoms with Crippen molar-refractivity contribution < 1.29 is 87.0 Å². The minimum absolute atomic E-state index is 0.00862. The minimum Gasteiger partial charge on any atom is -0.464 e. The maximum atomic E-state index is 13.5. The van der Waals surface area contributed by atoms with E-state index in [4.69, 9.17) is 4.18 Å². The maximum absolute atomic E-state index is 13.5. The van der Waals surface area contributed by atoms with Crippen LogP contribution < -0.4 is 9.74 Å². The molecule has 0 atom stereocenters. The molecule has 2 N–H and O–H groups in total. The topological polar surface area (TPSA) is 429 Å². The highest BCUT2D eigenvalue weighted by Crippen LogP contribution is 2.25. The molecular formula is C86H83F6N21O14S. The Hall–Kier alpha value is -15.8. The van der Waals surface area contributed by atoms with Crippen molar-refractivity contribution in [3.8, 4) is 17.1 Å². The molecule has 7 heterocycles. The number of nitrogens with zero attached hydrogens (tertiary/aromatic N) is 20. The standard InChI is InChI=1S/C17H15N3O.C12H11F2N3O2.C12H15N3O3S.C12H13N3O2.2C11H9F2N3O2.C11H11N3O2/c1-13(21)16-17(15-10-6-3-7-11-15)20(19-18-16)12-14-8-4-2-5-9-14;1-7-11(12(18)19-2)15-16-17(7)6-8-9(13)4-3-5-10(8)14;1-3-11-12(18-19(2,16)17)13-14-15(11)9-10-7-5-4-6-8-10;1-9(17)12-11(8-16)15(14-13-12)7-10-5-3-2-4-6-10;1-18-11(17)10-6-16(15-14-10)5-7-4-8(12)2-3-9(7)13;1-18-11(17)10-6-16(15-14-10)5-7-8(12)3-2-4-9(7)13;1-8(15)10-11(16)14(13-12-10)7-9-5-3-2-4-6-9/h2-11H,12H2,1H3;3-5H,6H2,1-2H3;4-8H,3,9H2,1-2H3;2-6,16H,7-8H2,1H3;2*2-4,6H,5H2,1H3;2-6,13H,7H2,1H3. The van der Waals surface area contributed by atoms with Crippen molar-refractivity contribution in [3.63, 3.8) is 0 Å². The molecular weight excluding hydrogens is 1700 g/mol. The summed E-state index contributed by atoms with van der Waals surface area (Å²) >= 11 is 0. The molecule has 15 aromatic rings. The summed E-state index contributed by atoms with van der Waals surface area (Å²) in [6, 6.07) is 59.0. The van der Waals surface area contributed by atoms with Gasteiger partial charge < -0.3 is 23.5 Å². The van der Waals surface area contributed by atoms with Gasteiger partial charge in [-0.1, -0.05) is 207 Å². The average Bonchev–Trinajstić information content (AvgIpc) is 1.65. The van der Waals surface area contributed by atoms with Crippen molar-refractivity contribution in [3.05, 3.63) is 354 Å². The Morgan fingerprint density at radius 1 is 0.430 bits per heavy atom. The van der Waals surface area contributed by atoms with Crippen molar-refractivity contribution >= 4 is 45.4 Å². The summed E-state index contributed by atoms with van der Waals surface area (Å²) in [5.74, 6) is -6.25. The predicted molar refractivity (Wildman–Crippen MR) is 447 cm³/mol. The molecule has 0 aliphatic heterocycles. The second-order valence-electron chi connectivity index (χ2n) is 27.1. The Labute approximate surface area is 726 Å². The number of aromatic nitrogens is 21. The monoisotopic (exact) mass is 1780 g/mol. The van der Waals surface area contributed by atoms with Crippen LogP contribution in [-0.2, 0) is 83.2 Å². The molecule has 0 unspecified atom stereocenters. The first-order chi connectivity index (χ1) is 61.4. The molecule has 664 valence electrons. The van der Waals surface area contributed by atoms with E-state index in [9.17, 15) is 73.4 Å². The molecule has 35 nitrogen and oxygen atoms in total. The summed E-state index contributed by atoms with van der Waals surface area (Å²) in [6.07, 6.45) is 4.14. The van der Waals surface area contributed by atoms with Crippen molar-refractivity contribution in [2.45, 2.75) is 93.5 Å². The number of benzene rings is 8. The summed E-state index contributed by atoms with van der Waals surface area (Å²) in [5, 5.41) is 60.7. The number of hydrogen-bond acceptors (Lipinski definition) is 27. The number of carbonyl (C=O) groups excluding carboxylic acids is 6. The normalized spacial score (nSPS) is 10.6. The van der Waals surface area contributed by atoms with Crippen LogP contribution in [0.2, 0.25) is 0 Å². The van der Waals surface area contributed by atoms with E-state index in [1.807, 2.05) is 159 Å². The third-order valence-corrected chi connectivity index (χ3v) is 18.4. The zero-order valence-electron chi connectivity index (χ0n) is 70.0. The molecule has 0 aliphatic rings. The third-order valence-electron chi connectivity index (χ3n) is 17.9. The molecule has 0 saturated carbocycles. The highest BCUT2D eigenvalue weighted by atomic mass is 32.2. The zero-order chi connectivity index (χ0) is 92.6. The van der Waals surface area contributed by atoms with Crippen molar-refractivity contribution in [2.75, 3.05) is 27.6 Å². The van der Waals surface area contributed by atoms with Gasteiger partial charge in [-0.3, -0.25) is 19.2 Å². The van der Waals surface area contributed by atoms with E-state index in [0.29, 0.717) is 55.4 Å². The Kier molecular flexibility index (Phi) is 35.0. The number of aliphatic hydroxyl groups is 1. The Bertz CT molecular complexity index is 6390. The molecule has 0 fully saturated rings. The van der Waals surface area contributed by atoms with E-state index in [1.165, 1.54) is 80.7 Å². The number of esters is 3. The minimum atomic E-state index is -3.59. The van der Waals surface area contributed by atoms with Gasteiger partial charge in [0.25, 0.3) is 11.4 Å². The fraction of sp³-hybridized carbons (Fsp3) is 0.209. The number of Topliss-reactive ketones (excluding diaryl/α,β-unsaturated/α-hetero) is 3. The van der Waals surface area contributed by atoms with Gasteiger partial charge in [-0.25, -0.2) is 78.7 Å². The van der Waals surface area contributed by atoms with Gasteiger partial charge in [0.2, 0.25) is 0 Å². The molecule has 15 rings (SSSR count). The molecule has 0 radical (unpaired) electrons. The number of nitrogens with one attached hydrogen (secondary N) is 1. The molecule has 0 bridgehead atoms. The van der Waals surface area contributed by atoms with Gasteiger partial charge in [0.15, 0.2) is 51.5 Å². The van der Waals surface area contributed by atoms with E-state index in [2.05, 4.69) is 86.4 Å². The van der Waals surface area contributed by atoms with Gasteiger partial charge in [0.1, 0.15) is 40.6 Å². The lowest BCUT2D eigenvalue weighted by Crippen LogP contribution is -2.21. The summed E-state index contributed by atoms with van der Waals surface area (Å²) in [7, 11) is 0.0565. The molecule has 8 aromatic carbocycles. The number of ether oxygens (including phenoxy) is 3. The molecule has 128 heavy (non-hydrogen) atoms. The number of halogens is 6. The third kappa shape index (κ3) is 27.4. The second-order valence-corrected chi connectivity index (χ2v) is 28.7. The van der Waals surface area contributed by atoms with Crippen LogP contribution in [0.4, 0.5) is 26.3 Å². The van der Waals surface area contributed by atoms with Gasteiger partial charge in [0, 0.05) is 43.0 Å². The van der Waals surface area contributed by atoms with Crippen LogP contribution >= 0.6 is 0 Å². The van der Waals surface area contributed by atoms with E-state index >= 15 is 0 Å². The number of ketones is 3. The van der Waals surface area contributed by atoms with Crippen LogP contribution in [0.15, 0.2) is 223 Å². The molecule has 42 heteroatoms. The zero-order valence-corrected chi connectivity index (χ0v) is 70.8. The fourth-order valence-corrected chi connectivity index (χ4v) is 12.0. The largest absolute Gasteiger partial charge is 0.464 e. The van der Waals surface area contributed by atoms with E-state index in [1.54, 1.807) is 21.0 Å². The number of carbonyl (C=O) groups is 6. The SMILES string of the molecule is CC(=O)c1n[nH]n(Cc2ccccc2)c1=O.CC(=O)c1nnn(Cc2ccccc2)c1-c1ccccc1.CC(=O)c1nnn(Cc2ccccc2)c1CO.CCc1c(OS(C)(=O)=O)nnn1Cc1ccccc1.COC(=O)c1cn(Cc2c(F)cccc2F)nn1.COC(=O)c1cn(Cc2cc(F)ccc2F)nn1.COC(=O)c1nnn(Cc2c(F)cccc2F)c1C. The van der Waals surface area contributed by atoms with Crippen molar-refractivity contribution in [2.24, 2.45) is 0 Å². The van der Waals surface area contributed by atoms with Gasteiger partial charge in [-0.15, -0.1) is 25.5 Å².